The summed E-state index contributed by atoms with van der Waals surface area (Å²) >= 11 is 0. The number of ether oxygens (including phenoxy) is 1. The van der Waals surface area contributed by atoms with Gasteiger partial charge in [0.1, 0.15) is 5.84 Å². The number of rotatable bonds is 11. The van der Waals surface area contributed by atoms with Crippen molar-refractivity contribution in [2.75, 3.05) is 51.3 Å². The first-order valence-corrected chi connectivity index (χ1v) is 13.3. The van der Waals surface area contributed by atoms with Crippen LogP contribution in [0.15, 0.2) is 60.9 Å². The number of H-pyrrole nitrogens is 1. The van der Waals surface area contributed by atoms with Crippen LogP contribution in [0, 0.1) is 5.41 Å². The number of nitrogens with two attached hydrogens (primary N) is 1. The van der Waals surface area contributed by atoms with Crippen molar-refractivity contribution < 1.29 is 9.53 Å². The van der Waals surface area contributed by atoms with E-state index in [0.717, 1.165) is 73.5 Å². The number of nitrogens with zero attached hydrogens (tertiary/aromatic N) is 3. The average molecular weight is 527 g/mol. The van der Waals surface area contributed by atoms with Gasteiger partial charge in [-0.2, -0.15) is 0 Å². The second kappa shape index (κ2) is 12.5. The first-order valence-electron chi connectivity index (χ1n) is 13.3. The second-order valence-electron chi connectivity index (χ2n) is 9.58. The van der Waals surface area contributed by atoms with E-state index in [-0.39, 0.29) is 11.7 Å². The molecule has 0 spiro atoms. The number of aromatic nitrogens is 3. The van der Waals surface area contributed by atoms with Crippen molar-refractivity contribution in [1.29, 1.82) is 5.41 Å². The number of hydrogen-bond acceptors (Lipinski definition) is 7. The molecule has 1 amide bonds. The third-order valence-electron chi connectivity index (χ3n) is 6.87. The number of hydrogen-bond donors (Lipinski definition) is 5. The topological polar surface area (TPSA) is 145 Å². The van der Waals surface area contributed by atoms with Gasteiger partial charge in [0.25, 0.3) is 5.91 Å². The molecule has 0 radical (unpaired) electrons. The van der Waals surface area contributed by atoms with E-state index in [4.69, 9.17) is 15.9 Å². The van der Waals surface area contributed by atoms with E-state index in [2.05, 4.69) is 30.5 Å². The predicted octanol–water partition coefficient (Wildman–Crippen LogP) is 3.02. The molecule has 0 saturated carbocycles. The van der Waals surface area contributed by atoms with Crippen molar-refractivity contribution in [3.05, 3.63) is 77.6 Å². The average Bonchev–Trinajstić information content (AvgIpc) is 3.40. The molecule has 2 aromatic heterocycles. The quantitative estimate of drug-likeness (QED) is 0.115. The monoisotopic (exact) mass is 526 g/mol. The van der Waals surface area contributed by atoms with Crippen molar-refractivity contribution in [3.63, 3.8) is 0 Å². The van der Waals surface area contributed by atoms with E-state index in [1.165, 1.54) is 0 Å². The van der Waals surface area contributed by atoms with Crippen LogP contribution in [-0.2, 0) is 11.2 Å². The SMILES string of the molecule is N=C(N)c1c[nH]c2ccc(CCNC(=O)c3ccc(-c4ccnc(NCCCN5CCOCC5)n4)cc3)cc12. The van der Waals surface area contributed by atoms with Crippen LogP contribution in [0.4, 0.5) is 5.95 Å². The Hall–Kier alpha value is -4.28. The summed E-state index contributed by atoms with van der Waals surface area (Å²) in [6.45, 7) is 5.95. The lowest BCUT2D eigenvalue weighted by molar-refractivity contribution is 0.0378. The Morgan fingerprint density at radius 3 is 2.72 bits per heavy atom. The van der Waals surface area contributed by atoms with E-state index >= 15 is 0 Å². The van der Waals surface area contributed by atoms with Gasteiger partial charge >= 0.3 is 0 Å². The fourth-order valence-electron chi connectivity index (χ4n) is 4.69. The van der Waals surface area contributed by atoms with Crippen LogP contribution >= 0.6 is 0 Å². The number of nitrogen functional groups attached to an aromatic ring is 1. The Balaban J connectivity index is 1.11. The number of fused-ring (bicyclic) bond motifs is 1. The van der Waals surface area contributed by atoms with E-state index in [1.807, 2.05) is 48.5 Å². The summed E-state index contributed by atoms with van der Waals surface area (Å²) in [4.78, 5) is 27.2. The fraction of sp³-hybridized carbons (Fsp3) is 0.310. The third-order valence-corrected chi connectivity index (χ3v) is 6.87. The van der Waals surface area contributed by atoms with Crippen LogP contribution < -0.4 is 16.4 Å². The highest BCUT2D eigenvalue weighted by Crippen LogP contribution is 2.20. The molecule has 2 aromatic carbocycles. The zero-order valence-corrected chi connectivity index (χ0v) is 21.9. The second-order valence-corrected chi connectivity index (χ2v) is 9.58. The van der Waals surface area contributed by atoms with Crippen LogP contribution in [-0.4, -0.2) is 77.5 Å². The summed E-state index contributed by atoms with van der Waals surface area (Å²) in [5.41, 5.74) is 10.7. The highest BCUT2D eigenvalue weighted by molar-refractivity contribution is 6.07. The Morgan fingerprint density at radius 1 is 1.10 bits per heavy atom. The maximum Gasteiger partial charge on any atom is 0.251 e. The van der Waals surface area contributed by atoms with Gasteiger partial charge in [-0.1, -0.05) is 18.2 Å². The summed E-state index contributed by atoms with van der Waals surface area (Å²) in [5, 5.41) is 14.9. The molecule has 202 valence electrons. The van der Waals surface area contributed by atoms with Crippen LogP contribution in [0.5, 0.6) is 0 Å². The van der Waals surface area contributed by atoms with E-state index in [9.17, 15) is 4.79 Å². The van der Waals surface area contributed by atoms with Crippen molar-refractivity contribution in [2.45, 2.75) is 12.8 Å². The lowest BCUT2D eigenvalue weighted by atomic mass is 10.1. The summed E-state index contributed by atoms with van der Waals surface area (Å²) in [5.74, 6) is 0.507. The lowest BCUT2D eigenvalue weighted by Crippen LogP contribution is -2.37. The molecule has 3 heterocycles. The van der Waals surface area contributed by atoms with Gasteiger partial charge < -0.3 is 26.1 Å². The number of benzene rings is 2. The Kier molecular flexibility index (Phi) is 8.45. The van der Waals surface area contributed by atoms with Crippen LogP contribution in [0.2, 0.25) is 0 Å². The Bertz CT molecular complexity index is 1430. The van der Waals surface area contributed by atoms with Gasteiger partial charge in [0, 0.05) is 66.2 Å². The van der Waals surface area contributed by atoms with E-state index in [0.29, 0.717) is 30.0 Å². The summed E-state index contributed by atoms with van der Waals surface area (Å²) in [6, 6.07) is 15.3. The molecule has 0 unspecified atom stereocenters. The van der Waals surface area contributed by atoms with Crippen molar-refractivity contribution in [1.82, 2.24) is 25.2 Å². The van der Waals surface area contributed by atoms with Crippen molar-refractivity contribution >= 4 is 28.6 Å². The Morgan fingerprint density at radius 2 is 1.92 bits per heavy atom. The number of nitrogens with one attached hydrogen (secondary N) is 4. The fourth-order valence-corrected chi connectivity index (χ4v) is 4.69. The lowest BCUT2D eigenvalue weighted by Gasteiger charge is -2.26. The van der Waals surface area contributed by atoms with Gasteiger partial charge in [0.15, 0.2) is 0 Å². The number of carbonyl (C=O) groups excluding carboxylic acids is 1. The van der Waals surface area contributed by atoms with Gasteiger partial charge in [-0.15, -0.1) is 0 Å². The first-order chi connectivity index (χ1) is 19.1. The predicted molar refractivity (Wildman–Crippen MR) is 153 cm³/mol. The largest absolute Gasteiger partial charge is 0.384 e. The van der Waals surface area contributed by atoms with Gasteiger partial charge in [-0.05, 0) is 55.3 Å². The minimum absolute atomic E-state index is 0.0316. The molecular weight excluding hydrogens is 492 g/mol. The molecule has 39 heavy (non-hydrogen) atoms. The maximum absolute atomic E-state index is 12.7. The molecule has 6 N–H and O–H groups in total. The molecule has 1 aliphatic rings. The minimum Gasteiger partial charge on any atom is -0.384 e. The number of morpholine rings is 1. The number of amides is 1. The molecule has 0 bridgehead atoms. The molecule has 1 aliphatic heterocycles. The molecule has 5 rings (SSSR count). The van der Waals surface area contributed by atoms with Gasteiger partial charge in [0.05, 0.1) is 18.9 Å². The summed E-state index contributed by atoms with van der Waals surface area (Å²) < 4.78 is 5.39. The number of carbonyl (C=O) groups is 1. The van der Waals surface area contributed by atoms with Gasteiger partial charge in [0.2, 0.25) is 5.95 Å². The van der Waals surface area contributed by atoms with Crippen LogP contribution in [0.25, 0.3) is 22.2 Å². The highest BCUT2D eigenvalue weighted by atomic mass is 16.5. The zero-order valence-electron chi connectivity index (χ0n) is 21.9. The smallest absolute Gasteiger partial charge is 0.251 e. The maximum atomic E-state index is 12.7. The van der Waals surface area contributed by atoms with Crippen molar-refractivity contribution in [3.8, 4) is 11.3 Å². The van der Waals surface area contributed by atoms with E-state index in [1.54, 1.807) is 12.4 Å². The summed E-state index contributed by atoms with van der Waals surface area (Å²) in [7, 11) is 0. The molecule has 1 fully saturated rings. The van der Waals surface area contributed by atoms with Gasteiger partial charge in [-0.25, -0.2) is 9.97 Å². The van der Waals surface area contributed by atoms with E-state index < -0.39 is 0 Å². The molecule has 10 nitrogen and oxygen atoms in total. The van der Waals surface area contributed by atoms with Crippen LogP contribution in [0.1, 0.15) is 27.9 Å². The first kappa shape index (κ1) is 26.3. The number of anilines is 1. The standard InChI is InChI=1S/C29H34N8O2/c30-27(31)24-19-35-26-7-2-20(18-23(24)26)8-11-32-28(38)22-5-3-21(4-6-22)25-9-12-34-29(36-25)33-10-1-13-37-14-16-39-17-15-37/h2-7,9,12,18-19,35H,1,8,10-11,13-17H2,(H3,30,31)(H,32,38)(H,33,34,36). The van der Waals surface area contributed by atoms with Crippen molar-refractivity contribution in [2.24, 2.45) is 5.73 Å². The zero-order chi connectivity index (χ0) is 27.0. The number of amidine groups is 1. The molecule has 4 aromatic rings. The highest BCUT2D eigenvalue weighted by Gasteiger charge is 2.11. The molecule has 1 saturated heterocycles. The third kappa shape index (κ3) is 6.78. The Labute approximate surface area is 227 Å². The van der Waals surface area contributed by atoms with Gasteiger partial charge in [-0.3, -0.25) is 15.1 Å². The molecule has 0 aliphatic carbocycles. The van der Waals surface area contributed by atoms with Crippen LogP contribution in [0.3, 0.4) is 0 Å². The summed E-state index contributed by atoms with van der Waals surface area (Å²) in [6.07, 6.45) is 5.18. The molecule has 0 atom stereocenters. The minimum atomic E-state index is -0.126. The normalized spacial score (nSPS) is 13.8. The molecular formula is C29H34N8O2. The molecule has 10 heteroatoms. The number of aromatic amines is 1.